The van der Waals surface area contributed by atoms with Gasteiger partial charge >= 0.3 is 4.87 Å². The Hall–Kier alpha value is -2.32. The van der Waals surface area contributed by atoms with E-state index in [1.807, 2.05) is 30.5 Å². The highest BCUT2D eigenvalue weighted by molar-refractivity contribution is 8.00. The maximum atomic E-state index is 12.4. The quantitative estimate of drug-likeness (QED) is 0.579. The number of thioether (sulfide) groups is 1. The van der Waals surface area contributed by atoms with Crippen LogP contribution in [0.3, 0.4) is 0 Å². The van der Waals surface area contributed by atoms with Gasteiger partial charge in [0.2, 0.25) is 11.8 Å². The molecule has 3 atom stereocenters. The van der Waals surface area contributed by atoms with Crippen molar-refractivity contribution in [1.82, 2.24) is 15.3 Å². The first-order valence-corrected chi connectivity index (χ1v) is 9.13. The first kappa shape index (κ1) is 14.1. The lowest BCUT2D eigenvalue weighted by molar-refractivity contribution is -0.125. The van der Waals surface area contributed by atoms with Crippen LogP contribution in [0.15, 0.2) is 40.3 Å². The molecule has 0 radical (unpaired) electrons. The molecular weight excluding hydrogens is 346 g/mol. The van der Waals surface area contributed by atoms with Crippen LogP contribution in [0, 0.1) is 5.92 Å². The number of carbonyl (C=O) groups excluding carboxylic acids is 2. The molecule has 1 fully saturated rings. The van der Waals surface area contributed by atoms with E-state index in [4.69, 9.17) is 0 Å². The largest absolute Gasteiger partial charge is 0.361 e. The number of fused-ring (bicyclic) bond motifs is 3. The van der Waals surface area contributed by atoms with Gasteiger partial charge in [0.1, 0.15) is 5.25 Å². The number of H-pyrrole nitrogens is 2. The van der Waals surface area contributed by atoms with Crippen LogP contribution >= 0.6 is 23.1 Å². The minimum atomic E-state index is -0.506. The highest BCUT2D eigenvalue weighted by atomic mass is 32.2. The molecule has 2 aliphatic heterocycles. The number of aromatic amines is 2. The molecule has 2 amide bonds. The predicted molar refractivity (Wildman–Crippen MR) is 91.4 cm³/mol. The molecule has 0 aliphatic carbocycles. The first-order chi connectivity index (χ1) is 11.6. The summed E-state index contributed by atoms with van der Waals surface area (Å²) in [4.78, 5) is 43.2. The average molecular weight is 357 g/mol. The van der Waals surface area contributed by atoms with Gasteiger partial charge in [-0.15, -0.1) is 0 Å². The highest BCUT2D eigenvalue weighted by Gasteiger charge is 2.52. The minimum absolute atomic E-state index is 0.162. The van der Waals surface area contributed by atoms with Crippen molar-refractivity contribution < 1.29 is 9.59 Å². The van der Waals surface area contributed by atoms with E-state index < -0.39 is 11.2 Å². The lowest BCUT2D eigenvalue weighted by atomic mass is 9.83. The smallest absolute Gasteiger partial charge is 0.305 e. The predicted octanol–water partition coefficient (Wildman–Crippen LogP) is 1.80. The molecule has 0 spiro atoms. The van der Waals surface area contributed by atoms with E-state index in [9.17, 15) is 14.4 Å². The molecule has 3 aromatic rings. The van der Waals surface area contributed by atoms with Gasteiger partial charge in [0.25, 0.3) is 0 Å². The Morgan fingerprint density at radius 1 is 1.04 bits per heavy atom. The third kappa shape index (κ3) is 1.81. The summed E-state index contributed by atoms with van der Waals surface area (Å²) >= 11 is 2.40. The zero-order valence-corrected chi connectivity index (χ0v) is 13.8. The van der Waals surface area contributed by atoms with Crippen LogP contribution < -0.4 is 10.2 Å². The molecule has 1 saturated heterocycles. The van der Waals surface area contributed by atoms with Crippen LogP contribution in [0.4, 0.5) is 0 Å². The molecule has 5 rings (SSSR count). The third-order valence-corrected chi connectivity index (χ3v) is 7.03. The lowest BCUT2D eigenvalue weighted by Crippen LogP contribution is -2.31. The number of nitrogens with one attached hydrogen (secondary N) is 3. The summed E-state index contributed by atoms with van der Waals surface area (Å²) in [6, 6.07) is 7.83. The number of benzene rings is 1. The number of thiazole rings is 1. The fourth-order valence-corrected chi connectivity index (χ4v) is 6.10. The van der Waals surface area contributed by atoms with Gasteiger partial charge in [-0.3, -0.25) is 19.7 Å². The minimum Gasteiger partial charge on any atom is -0.361 e. The number of carbonyl (C=O) groups is 2. The first-order valence-electron chi connectivity index (χ1n) is 7.44. The molecule has 24 heavy (non-hydrogen) atoms. The normalized spacial score (nSPS) is 25.6. The van der Waals surface area contributed by atoms with Gasteiger partial charge in [-0.25, -0.2) is 0 Å². The molecule has 1 aromatic carbocycles. The fourth-order valence-electron chi connectivity index (χ4n) is 3.62. The van der Waals surface area contributed by atoms with E-state index in [0.717, 1.165) is 32.7 Å². The molecule has 8 heteroatoms. The Bertz CT molecular complexity index is 1060. The molecule has 3 N–H and O–H groups in total. The topological polar surface area (TPSA) is 94.8 Å². The molecular formula is C16H11N3O3S2. The average Bonchev–Trinajstić information content (AvgIpc) is 3.22. The van der Waals surface area contributed by atoms with Crippen LogP contribution in [0.5, 0.6) is 0 Å². The van der Waals surface area contributed by atoms with Crippen molar-refractivity contribution >= 4 is 45.8 Å². The molecule has 0 bridgehead atoms. The van der Waals surface area contributed by atoms with Crippen molar-refractivity contribution in [3.05, 3.63) is 50.6 Å². The molecule has 2 aromatic heterocycles. The van der Waals surface area contributed by atoms with Gasteiger partial charge < -0.3 is 9.97 Å². The number of hydrogen-bond acceptors (Lipinski definition) is 5. The van der Waals surface area contributed by atoms with Gasteiger partial charge in [-0.2, -0.15) is 0 Å². The van der Waals surface area contributed by atoms with Crippen LogP contribution in [-0.2, 0) is 9.59 Å². The maximum absolute atomic E-state index is 12.4. The second-order valence-corrected chi connectivity index (χ2v) is 8.06. The number of amides is 2. The highest BCUT2D eigenvalue weighted by Crippen LogP contribution is 2.51. The van der Waals surface area contributed by atoms with Crippen molar-refractivity contribution in [2.24, 2.45) is 5.92 Å². The van der Waals surface area contributed by atoms with Crippen molar-refractivity contribution in [3.8, 4) is 0 Å². The molecule has 6 nitrogen and oxygen atoms in total. The Kier molecular flexibility index (Phi) is 2.84. The van der Waals surface area contributed by atoms with Crippen LogP contribution in [0.1, 0.15) is 16.4 Å². The van der Waals surface area contributed by atoms with Crippen molar-refractivity contribution in [3.63, 3.8) is 0 Å². The summed E-state index contributed by atoms with van der Waals surface area (Å²) in [5.41, 5.74) is 1.92. The number of imide groups is 1. The van der Waals surface area contributed by atoms with E-state index in [1.165, 1.54) is 11.8 Å². The van der Waals surface area contributed by atoms with E-state index in [2.05, 4.69) is 15.3 Å². The lowest BCUT2D eigenvalue weighted by Gasteiger charge is -2.29. The Labute approximate surface area is 143 Å². The van der Waals surface area contributed by atoms with Crippen LogP contribution in [0.25, 0.3) is 10.9 Å². The molecule has 0 unspecified atom stereocenters. The van der Waals surface area contributed by atoms with E-state index in [1.54, 1.807) is 0 Å². The molecule has 120 valence electrons. The van der Waals surface area contributed by atoms with Gasteiger partial charge in [-0.1, -0.05) is 41.3 Å². The second-order valence-electron chi connectivity index (χ2n) is 5.89. The maximum Gasteiger partial charge on any atom is 0.305 e. The molecule has 2 aliphatic rings. The second kappa shape index (κ2) is 4.84. The van der Waals surface area contributed by atoms with Crippen LogP contribution in [-0.4, -0.2) is 27.0 Å². The standard InChI is InChI=1S/C16H11N3O3S2/c20-13-10-9(7-5-17-8-4-2-1-3-6(7)8)12-15(19-16(22)24-12)23-11(10)14(21)18-13/h1-5,9-11,17H,(H,19,22)(H,18,20,21)/t9-,10-,11+/m0/s1. The van der Waals surface area contributed by atoms with Gasteiger partial charge in [0, 0.05) is 27.9 Å². The fraction of sp³-hybridized carbons (Fsp3) is 0.188. The Morgan fingerprint density at radius 3 is 2.75 bits per heavy atom. The van der Waals surface area contributed by atoms with Gasteiger partial charge in [0.05, 0.1) is 10.9 Å². The third-order valence-electron chi connectivity index (χ3n) is 4.62. The Balaban J connectivity index is 1.79. The molecule has 4 heterocycles. The van der Waals surface area contributed by atoms with Crippen molar-refractivity contribution in [2.75, 3.05) is 0 Å². The molecule has 0 saturated carbocycles. The van der Waals surface area contributed by atoms with Crippen molar-refractivity contribution in [1.29, 1.82) is 0 Å². The van der Waals surface area contributed by atoms with E-state index >= 15 is 0 Å². The summed E-state index contributed by atoms with van der Waals surface area (Å²) < 4.78 is 0. The SMILES string of the molecule is O=C1NC(=O)[C@@H]2Sc3[nH]c(=O)sc3[C@@H](c3c[nH]c4ccccc34)[C@H]12. The Morgan fingerprint density at radius 2 is 1.88 bits per heavy atom. The summed E-state index contributed by atoms with van der Waals surface area (Å²) in [6.45, 7) is 0. The zero-order chi connectivity index (χ0) is 16.4. The summed E-state index contributed by atoms with van der Waals surface area (Å²) in [6.07, 6.45) is 1.88. The number of aromatic nitrogens is 2. The monoisotopic (exact) mass is 357 g/mol. The van der Waals surface area contributed by atoms with Crippen LogP contribution in [0.2, 0.25) is 0 Å². The summed E-state index contributed by atoms with van der Waals surface area (Å²) in [5.74, 6) is -1.35. The van der Waals surface area contributed by atoms with Gasteiger partial charge in [0.15, 0.2) is 0 Å². The number of hydrogen-bond donors (Lipinski definition) is 3. The number of rotatable bonds is 1. The van der Waals surface area contributed by atoms with Gasteiger partial charge in [-0.05, 0) is 11.6 Å². The zero-order valence-electron chi connectivity index (χ0n) is 12.2. The summed E-state index contributed by atoms with van der Waals surface area (Å²) in [7, 11) is 0. The number of para-hydroxylation sites is 1. The van der Waals surface area contributed by atoms with Crippen molar-refractivity contribution in [2.45, 2.75) is 16.2 Å². The van der Waals surface area contributed by atoms with E-state index in [0.29, 0.717) is 5.03 Å². The summed E-state index contributed by atoms with van der Waals surface area (Å²) in [5, 5.41) is 3.64. The van der Waals surface area contributed by atoms with E-state index in [-0.39, 0.29) is 22.6 Å².